The first kappa shape index (κ1) is 15.4. The number of piperidine rings is 1. The lowest BCUT2D eigenvalue weighted by molar-refractivity contribution is -0.133. The number of likely N-dealkylation sites (N-methyl/N-ethyl adjacent to an activating group) is 1. The van der Waals surface area contributed by atoms with E-state index < -0.39 is 0 Å². The van der Waals surface area contributed by atoms with Crippen LogP contribution in [-0.2, 0) is 9.53 Å². The molecule has 0 aromatic rings. The molecule has 1 amide bonds. The van der Waals surface area contributed by atoms with Gasteiger partial charge in [0.1, 0.15) is 0 Å². The molecule has 4 nitrogen and oxygen atoms in total. The van der Waals surface area contributed by atoms with Crippen molar-refractivity contribution in [2.24, 2.45) is 11.8 Å². The molecule has 0 saturated carbocycles. The number of nitrogens with zero attached hydrogens (tertiary/aromatic N) is 1. The molecule has 2 atom stereocenters. The average molecular weight is 256 g/mol. The molecule has 0 bridgehead atoms. The SMILES string of the molecule is CCN(CCOC)C(=O)CC(C)C1CCCNC1. The molecular weight excluding hydrogens is 228 g/mol. The van der Waals surface area contributed by atoms with Gasteiger partial charge >= 0.3 is 0 Å². The number of carbonyl (C=O) groups excluding carboxylic acids is 1. The summed E-state index contributed by atoms with van der Waals surface area (Å²) in [6.45, 7) is 8.54. The van der Waals surface area contributed by atoms with Gasteiger partial charge in [0, 0.05) is 26.6 Å². The number of methoxy groups -OCH3 is 1. The number of amides is 1. The van der Waals surface area contributed by atoms with Crippen LogP contribution in [0.15, 0.2) is 0 Å². The number of rotatable bonds is 7. The summed E-state index contributed by atoms with van der Waals surface area (Å²) in [5, 5.41) is 3.42. The second-order valence-electron chi connectivity index (χ2n) is 5.25. The Morgan fingerprint density at radius 1 is 1.56 bits per heavy atom. The van der Waals surface area contributed by atoms with Crippen LogP contribution < -0.4 is 5.32 Å². The Morgan fingerprint density at radius 3 is 2.89 bits per heavy atom. The van der Waals surface area contributed by atoms with Gasteiger partial charge < -0.3 is 15.0 Å². The summed E-state index contributed by atoms with van der Waals surface area (Å²) in [5.74, 6) is 1.40. The third-order valence-corrected chi connectivity index (χ3v) is 3.94. The fourth-order valence-electron chi connectivity index (χ4n) is 2.60. The first-order chi connectivity index (χ1) is 8.69. The lowest BCUT2D eigenvalue weighted by Crippen LogP contribution is -2.38. The van der Waals surface area contributed by atoms with Crippen LogP contribution in [0.1, 0.15) is 33.1 Å². The van der Waals surface area contributed by atoms with Crippen molar-refractivity contribution in [2.75, 3.05) is 39.9 Å². The maximum absolute atomic E-state index is 12.2. The molecule has 1 N–H and O–H groups in total. The van der Waals surface area contributed by atoms with E-state index in [2.05, 4.69) is 12.2 Å². The van der Waals surface area contributed by atoms with Gasteiger partial charge in [0.2, 0.25) is 5.91 Å². The van der Waals surface area contributed by atoms with Crippen LogP contribution in [-0.4, -0.2) is 50.7 Å². The molecule has 18 heavy (non-hydrogen) atoms. The molecule has 0 aromatic carbocycles. The standard InChI is InChI=1S/C14H28N2O2/c1-4-16(8-9-18-3)14(17)10-12(2)13-6-5-7-15-11-13/h12-13,15H,4-11H2,1-3H3. The van der Waals surface area contributed by atoms with Crippen molar-refractivity contribution < 1.29 is 9.53 Å². The van der Waals surface area contributed by atoms with Crippen LogP contribution in [0.2, 0.25) is 0 Å². The Kier molecular flexibility index (Phi) is 7.28. The quantitative estimate of drug-likeness (QED) is 0.750. The van der Waals surface area contributed by atoms with E-state index in [4.69, 9.17) is 4.74 Å². The first-order valence-electron chi connectivity index (χ1n) is 7.16. The zero-order valence-electron chi connectivity index (χ0n) is 12.1. The molecule has 0 radical (unpaired) electrons. The molecule has 1 saturated heterocycles. The zero-order chi connectivity index (χ0) is 13.4. The second-order valence-corrected chi connectivity index (χ2v) is 5.25. The minimum atomic E-state index is 0.271. The molecule has 2 unspecified atom stereocenters. The minimum Gasteiger partial charge on any atom is -0.383 e. The van der Waals surface area contributed by atoms with Crippen molar-refractivity contribution in [2.45, 2.75) is 33.1 Å². The molecular formula is C14H28N2O2. The Balaban J connectivity index is 2.36. The highest BCUT2D eigenvalue weighted by Crippen LogP contribution is 2.23. The smallest absolute Gasteiger partial charge is 0.222 e. The van der Waals surface area contributed by atoms with Crippen molar-refractivity contribution in [1.82, 2.24) is 10.2 Å². The van der Waals surface area contributed by atoms with Gasteiger partial charge in [-0.05, 0) is 44.7 Å². The van der Waals surface area contributed by atoms with Crippen LogP contribution in [0.25, 0.3) is 0 Å². The zero-order valence-corrected chi connectivity index (χ0v) is 12.1. The summed E-state index contributed by atoms with van der Waals surface area (Å²) in [4.78, 5) is 14.1. The van der Waals surface area contributed by atoms with Crippen LogP contribution in [0.5, 0.6) is 0 Å². The third-order valence-electron chi connectivity index (χ3n) is 3.94. The minimum absolute atomic E-state index is 0.271. The summed E-state index contributed by atoms with van der Waals surface area (Å²) >= 11 is 0. The Morgan fingerprint density at radius 2 is 2.33 bits per heavy atom. The van der Waals surface area contributed by atoms with E-state index >= 15 is 0 Å². The van der Waals surface area contributed by atoms with Crippen molar-refractivity contribution >= 4 is 5.91 Å². The Labute approximate surface area is 111 Å². The molecule has 1 rings (SSSR count). The van der Waals surface area contributed by atoms with E-state index in [-0.39, 0.29) is 5.91 Å². The Hall–Kier alpha value is -0.610. The van der Waals surface area contributed by atoms with Crippen LogP contribution in [0, 0.1) is 11.8 Å². The summed E-state index contributed by atoms with van der Waals surface area (Å²) in [5.41, 5.74) is 0. The van der Waals surface area contributed by atoms with Crippen molar-refractivity contribution in [3.05, 3.63) is 0 Å². The molecule has 106 valence electrons. The predicted molar refractivity (Wildman–Crippen MR) is 73.5 cm³/mol. The van der Waals surface area contributed by atoms with Crippen LogP contribution in [0.4, 0.5) is 0 Å². The summed E-state index contributed by atoms with van der Waals surface area (Å²) in [6.07, 6.45) is 3.17. The number of carbonyl (C=O) groups is 1. The van der Waals surface area contributed by atoms with Gasteiger partial charge in [-0.1, -0.05) is 6.92 Å². The van der Waals surface area contributed by atoms with Crippen molar-refractivity contribution in [1.29, 1.82) is 0 Å². The maximum Gasteiger partial charge on any atom is 0.222 e. The third kappa shape index (κ3) is 4.94. The number of ether oxygens (including phenoxy) is 1. The number of hydrogen-bond acceptors (Lipinski definition) is 3. The van der Waals surface area contributed by atoms with E-state index in [0.29, 0.717) is 31.4 Å². The van der Waals surface area contributed by atoms with E-state index in [1.807, 2.05) is 11.8 Å². The average Bonchev–Trinajstić information content (AvgIpc) is 2.40. The van der Waals surface area contributed by atoms with Gasteiger partial charge in [0.05, 0.1) is 6.61 Å². The second kappa shape index (κ2) is 8.48. The molecule has 1 aliphatic heterocycles. The van der Waals surface area contributed by atoms with Gasteiger partial charge in [0.25, 0.3) is 0 Å². The van der Waals surface area contributed by atoms with Crippen LogP contribution >= 0.6 is 0 Å². The van der Waals surface area contributed by atoms with Crippen molar-refractivity contribution in [3.63, 3.8) is 0 Å². The van der Waals surface area contributed by atoms with Gasteiger partial charge in [-0.25, -0.2) is 0 Å². The van der Waals surface area contributed by atoms with Gasteiger partial charge in [-0.2, -0.15) is 0 Å². The van der Waals surface area contributed by atoms with Gasteiger partial charge in [-0.3, -0.25) is 4.79 Å². The number of nitrogens with one attached hydrogen (secondary N) is 1. The summed E-state index contributed by atoms with van der Waals surface area (Å²) in [6, 6.07) is 0. The predicted octanol–water partition coefficient (Wildman–Crippen LogP) is 1.51. The van der Waals surface area contributed by atoms with E-state index in [1.165, 1.54) is 12.8 Å². The topological polar surface area (TPSA) is 41.6 Å². The molecule has 1 heterocycles. The fraction of sp³-hybridized carbons (Fsp3) is 0.929. The lowest BCUT2D eigenvalue weighted by atomic mass is 9.85. The molecule has 1 fully saturated rings. The largest absolute Gasteiger partial charge is 0.383 e. The summed E-state index contributed by atoms with van der Waals surface area (Å²) < 4.78 is 5.04. The van der Waals surface area contributed by atoms with Gasteiger partial charge in [0.15, 0.2) is 0 Å². The fourth-order valence-corrected chi connectivity index (χ4v) is 2.60. The van der Waals surface area contributed by atoms with E-state index in [0.717, 1.165) is 19.6 Å². The highest BCUT2D eigenvalue weighted by atomic mass is 16.5. The maximum atomic E-state index is 12.2. The Bertz CT molecular complexity index is 240. The van der Waals surface area contributed by atoms with Crippen LogP contribution in [0.3, 0.4) is 0 Å². The number of hydrogen-bond donors (Lipinski definition) is 1. The van der Waals surface area contributed by atoms with Crippen molar-refractivity contribution in [3.8, 4) is 0 Å². The first-order valence-corrected chi connectivity index (χ1v) is 7.16. The lowest BCUT2D eigenvalue weighted by Gasteiger charge is -2.29. The molecule has 0 spiro atoms. The monoisotopic (exact) mass is 256 g/mol. The highest BCUT2D eigenvalue weighted by molar-refractivity contribution is 5.76. The molecule has 4 heteroatoms. The van der Waals surface area contributed by atoms with E-state index in [1.54, 1.807) is 7.11 Å². The normalized spacial score (nSPS) is 21.6. The molecule has 0 aromatic heterocycles. The van der Waals surface area contributed by atoms with E-state index in [9.17, 15) is 4.79 Å². The summed E-state index contributed by atoms with van der Waals surface area (Å²) in [7, 11) is 1.68. The molecule has 0 aliphatic carbocycles. The van der Waals surface area contributed by atoms with Gasteiger partial charge in [-0.15, -0.1) is 0 Å². The molecule has 1 aliphatic rings. The highest BCUT2D eigenvalue weighted by Gasteiger charge is 2.23.